The number of ether oxygens (including phenoxy) is 2. The number of methoxy groups -OCH3 is 2. The molecule has 0 spiro atoms. The molecule has 0 aromatic heterocycles. The van der Waals surface area contributed by atoms with Gasteiger partial charge in [-0.1, -0.05) is 6.07 Å². The van der Waals surface area contributed by atoms with E-state index >= 15 is 0 Å². The molecule has 1 unspecified atom stereocenters. The molecule has 1 rings (SSSR count). The van der Waals surface area contributed by atoms with Gasteiger partial charge in [0.1, 0.15) is 11.4 Å². The molecule has 1 atom stereocenters. The Morgan fingerprint density at radius 1 is 1.43 bits per heavy atom. The largest absolute Gasteiger partial charge is 0.383 e. The highest BCUT2D eigenvalue weighted by Crippen LogP contribution is 2.35. The standard InChI is InChI=1S/C13H22N4O4/c1-10(9-21-3)16(7-8-20-2)12-6-4-5-11(15-14)13(12)17(18)19/h4-6,10,15H,7-9,14H2,1-3H3. The Balaban J connectivity index is 3.25. The zero-order chi connectivity index (χ0) is 15.8. The second-order valence-electron chi connectivity index (χ2n) is 4.57. The number of hydrogen-bond acceptors (Lipinski definition) is 7. The summed E-state index contributed by atoms with van der Waals surface area (Å²) in [5.41, 5.74) is 3.06. The van der Waals surface area contributed by atoms with Crippen molar-refractivity contribution < 1.29 is 14.4 Å². The third-order valence-corrected chi connectivity index (χ3v) is 3.14. The van der Waals surface area contributed by atoms with Gasteiger partial charge in [0.05, 0.1) is 18.1 Å². The summed E-state index contributed by atoms with van der Waals surface area (Å²) < 4.78 is 10.2. The second-order valence-corrected chi connectivity index (χ2v) is 4.57. The van der Waals surface area contributed by atoms with Crippen molar-refractivity contribution in [2.24, 2.45) is 5.84 Å². The molecule has 0 radical (unpaired) electrons. The molecule has 0 aliphatic carbocycles. The summed E-state index contributed by atoms with van der Waals surface area (Å²) in [6.07, 6.45) is 0. The maximum atomic E-state index is 11.4. The van der Waals surface area contributed by atoms with Crippen LogP contribution in [0.1, 0.15) is 6.92 Å². The fraction of sp³-hybridized carbons (Fsp3) is 0.538. The highest BCUT2D eigenvalue weighted by atomic mass is 16.6. The zero-order valence-electron chi connectivity index (χ0n) is 12.5. The van der Waals surface area contributed by atoms with E-state index in [0.29, 0.717) is 25.4 Å². The quantitative estimate of drug-likeness (QED) is 0.403. The molecule has 0 aliphatic heterocycles. The summed E-state index contributed by atoms with van der Waals surface area (Å²) >= 11 is 0. The molecule has 21 heavy (non-hydrogen) atoms. The van der Waals surface area contributed by atoms with Crippen molar-refractivity contribution in [3.63, 3.8) is 0 Å². The molecule has 0 saturated carbocycles. The first-order valence-corrected chi connectivity index (χ1v) is 6.55. The van der Waals surface area contributed by atoms with E-state index in [-0.39, 0.29) is 17.4 Å². The molecule has 0 fully saturated rings. The number of anilines is 2. The molecule has 8 heteroatoms. The Kier molecular flexibility index (Phi) is 6.86. The van der Waals surface area contributed by atoms with Crippen molar-refractivity contribution in [1.29, 1.82) is 0 Å². The van der Waals surface area contributed by atoms with E-state index in [4.69, 9.17) is 15.3 Å². The van der Waals surface area contributed by atoms with Crippen LogP contribution in [0.15, 0.2) is 18.2 Å². The average molecular weight is 298 g/mol. The van der Waals surface area contributed by atoms with Gasteiger partial charge >= 0.3 is 5.69 Å². The highest BCUT2D eigenvalue weighted by Gasteiger charge is 2.26. The number of nitrogen functional groups attached to an aromatic ring is 1. The normalized spacial score (nSPS) is 12.0. The number of hydrogen-bond donors (Lipinski definition) is 2. The molecular formula is C13H22N4O4. The number of nitrogens with zero attached hydrogens (tertiary/aromatic N) is 2. The summed E-state index contributed by atoms with van der Waals surface area (Å²) in [7, 11) is 3.18. The predicted octanol–water partition coefficient (Wildman–Crippen LogP) is 1.37. The van der Waals surface area contributed by atoms with Crippen molar-refractivity contribution >= 4 is 17.1 Å². The lowest BCUT2D eigenvalue weighted by Crippen LogP contribution is -2.39. The molecule has 0 saturated heterocycles. The average Bonchev–Trinajstić information content (AvgIpc) is 2.47. The minimum Gasteiger partial charge on any atom is -0.383 e. The monoisotopic (exact) mass is 298 g/mol. The van der Waals surface area contributed by atoms with Crippen molar-refractivity contribution in [1.82, 2.24) is 0 Å². The van der Waals surface area contributed by atoms with E-state index < -0.39 is 4.92 Å². The molecule has 3 N–H and O–H groups in total. The molecule has 1 aromatic rings. The van der Waals surface area contributed by atoms with E-state index in [0.717, 1.165) is 0 Å². The van der Waals surface area contributed by atoms with Crippen LogP contribution in [0.5, 0.6) is 0 Å². The Morgan fingerprint density at radius 3 is 2.67 bits per heavy atom. The minimum atomic E-state index is -0.441. The Hall–Kier alpha value is -1.90. The van der Waals surface area contributed by atoms with Gasteiger partial charge in [-0.2, -0.15) is 0 Å². The number of nitro groups is 1. The van der Waals surface area contributed by atoms with E-state index in [9.17, 15) is 10.1 Å². The Labute approximate surface area is 123 Å². The molecule has 0 bridgehead atoms. The van der Waals surface area contributed by atoms with E-state index in [1.165, 1.54) is 0 Å². The third-order valence-electron chi connectivity index (χ3n) is 3.14. The first-order chi connectivity index (χ1) is 10.1. The van der Waals surface area contributed by atoms with Crippen molar-refractivity contribution in [2.75, 3.05) is 44.3 Å². The molecule has 0 amide bonds. The molecule has 118 valence electrons. The van der Waals surface area contributed by atoms with Gasteiger partial charge in [-0.3, -0.25) is 16.0 Å². The van der Waals surface area contributed by atoms with Crippen LogP contribution < -0.4 is 16.2 Å². The van der Waals surface area contributed by atoms with Gasteiger partial charge in [0.25, 0.3) is 0 Å². The van der Waals surface area contributed by atoms with Crippen LogP contribution in [0.25, 0.3) is 0 Å². The van der Waals surface area contributed by atoms with Crippen LogP contribution in [0.2, 0.25) is 0 Å². The van der Waals surface area contributed by atoms with Crippen LogP contribution in [-0.4, -0.2) is 44.9 Å². The van der Waals surface area contributed by atoms with Gasteiger partial charge in [-0.15, -0.1) is 0 Å². The maximum Gasteiger partial charge on any atom is 0.316 e. The summed E-state index contributed by atoms with van der Waals surface area (Å²) in [5.74, 6) is 5.37. The first kappa shape index (κ1) is 17.2. The fourth-order valence-corrected chi connectivity index (χ4v) is 2.17. The SMILES string of the molecule is COCCN(c1cccc(NN)c1[N+](=O)[O-])C(C)COC. The van der Waals surface area contributed by atoms with Crippen LogP contribution in [0, 0.1) is 10.1 Å². The number of nitrogens with two attached hydrogens (primary N) is 1. The van der Waals surface area contributed by atoms with Gasteiger partial charge in [0.15, 0.2) is 0 Å². The minimum absolute atomic E-state index is 0.0446. The van der Waals surface area contributed by atoms with Gasteiger partial charge in [-0.05, 0) is 19.1 Å². The van der Waals surface area contributed by atoms with Crippen molar-refractivity contribution in [3.05, 3.63) is 28.3 Å². The number of para-hydroxylation sites is 1. The number of benzene rings is 1. The summed E-state index contributed by atoms with van der Waals surface area (Å²) in [4.78, 5) is 12.8. The van der Waals surface area contributed by atoms with Crippen LogP contribution in [0.4, 0.5) is 17.1 Å². The van der Waals surface area contributed by atoms with Crippen LogP contribution in [0.3, 0.4) is 0 Å². The molecule has 8 nitrogen and oxygen atoms in total. The van der Waals surface area contributed by atoms with Crippen LogP contribution >= 0.6 is 0 Å². The maximum absolute atomic E-state index is 11.4. The van der Waals surface area contributed by atoms with Gasteiger partial charge < -0.3 is 19.8 Å². The Morgan fingerprint density at radius 2 is 2.14 bits per heavy atom. The van der Waals surface area contributed by atoms with Gasteiger partial charge in [0.2, 0.25) is 0 Å². The van der Waals surface area contributed by atoms with Gasteiger partial charge in [0, 0.05) is 26.8 Å². The second kappa shape index (κ2) is 8.40. The predicted molar refractivity (Wildman–Crippen MR) is 81.5 cm³/mol. The summed E-state index contributed by atoms with van der Waals surface area (Å²) in [6.45, 7) is 3.34. The van der Waals surface area contributed by atoms with E-state index in [1.54, 1.807) is 32.4 Å². The molecule has 1 aromatic carbocycles. The lowest BCUT2D eigenvalue weighted by atomic mass is 10.1. The van der Waals surface area contributed by atoms with E-state index in [1.807, 2.05) is 11.8 Å². The highest BCUT2D eigenvalue weighted by molar-refractivity contribution is 5.77. The third kappa shape index (κ3) is 4.28. The smallest absolute Gasteiger partial charge is 0.316 e. The molecule has 0 aliphatic rings. The van der Waals surface area contributed by atoms with Crippen molar-refractivity contribution in [3.8, 4) is 0 Å². The topological polar surface area (TPSA) is 103 Å². The lowest BCUT2D eigenvalue weighted by molar-refractivity contribution is -0.383. The van der Waals surface area contributed by atoms with Crippen LogP contribution in [-0.2, 0) is 9.47 Å². The van der Waals surface area contributed by atoms with Crippen molar-refractivity contribution in [2.45, 2.75) is 13.0 Å². The Bertz CT molecular complexity index is 469. The fourth-order valence-electron chi connectivity index (χ4n) is 2.17. The van der Waals surface area contributed by atoms with E-state index in [2.05, 4.69) is 5.43 Å². The lowest BCUT2D eigenvalue weighted by Gasteiger charge is -2.30. The van der Waals surface area contributed by atoms with Gasteiger partial charge in [-0.25, -0.2) is 0 Å². The zero-order valence-corrected chi connectivity index (χ0v) is 12.5. The first-order valence-electron chi connectivity index (χ1n) is 6.55. The number of nitro benzene ring substituents is 1. The number of hydrazine groups is 1. The number of nitrogens with one attached hydrogen (secondary N) is 1. The summed E-state index contributed by atoms with van der Waals surface area (Å²) in [5, 5.41) is 11.4. The number of rotatable bonds is 9. The molecule has 0 heterocycles. The molecular weight excluding hydrogens is 276 g/mol. The summed E-state index contributed by atoms with van der Waals surface area (Å²) in [6, 6.07) is 4.94.